The van der Waals surface area contributed by atoms with Gasteiger partial charge in [-0.3, -0.25) is 4.79 Å². The van der Waals surface area contributed by atoms with Crippen molar-refractivity contribution in [2.75, 3.05) is 0 Å². The topological polar surface area (TPSA) is 80.0 Å². The van der Waals surface area contributed by atoms with E-state index in [1.807, 2.05) is 10.6 Å². The van der Waals surface area contributed by atoms with Gasteiger partial charge in [0.25, 0.3) is 0 Å². The maximum Gasteiger partial charge on any atom is 0.210 e. The second-order valence-corrected chi connectivity index (χ2v) is 4.44. The number of carboxylic acids is 1. The van der Waals surface area contributed by atoms with Crippen molar-refractivity contribution in [2.45, 2.75) is 0 Å². The Morgan fingerprint density at radius 2 is 2.10 bits per heavy atom. The van der Waals surface area contributed by atoms with E-state index in [1.54, 1.807) is 42.5 Å². The third kappa shape index (κ3) is 1.78. The highest BCUT2D eigenvalue weighted by atomic mass is 16.4. The average molecular weight is 268 g/mol. The quantitative estimate of drug-likeness (QED) is 0.505. The molecule has 3 rings (SSSR count). The summed E-state index contributed by atoms with van der Waals surface area (Å²) in [5.74, 6) is -2.71. The van der Waals surface area contributed by atoms with E-state index in [0.717, 1.165) is 11.2 Å². The highest BCUT2D eigenvalue weighted by molar-refractivity contribution is 6.41. The van der Waals surface area contributed by atoms with E-state index >= 15 is 0 Å². The van der Waals surface area contributed by atoms with Crippen LogP contribution in [0.25, 0.3) is 16.6 Å². The maximum atomic E-state index is 11.6. The van der Waals surface area contributed by atoms with Crippen molar-refractivity contribution in [2.24, 2.45) is 7.05 Å². The molecule has 0 unspecified atom stereocenters. The molecule has 0 spiro atoms. The fourth-order valence-corrected chi connectivity index (χ4v) is 2.24. The summed E-state index contributed by atoms with van der Waals surface area (Å²) in [6.45, 7) is 0. The van der Waals surface area contributed by atoms with Crippen LogP contribution in [0.5, 0.6) is 0 Å². The van der Waals surface area contributed by atoms with Crippen molar-refractivity contribution in [3.63, 3.8) is 0 Å². The van der Waals surface area contributed by atoms with E-state index in [0.29, 0.717) is 5.39 Å². The van der Waals surface area contributed by atoms with Gasteiger partial charge in [0.2, 0.25) is 5.78 Å². The van der Waals surface area contributed by atoms with Gasteiger partial charge in [-0.1, -0.05) is 0 Å². The number of aliphatic carboxylic acids is 1. The van der Waals surface area contributed by atoms with Gasteiger partial charge in [-0.15, -0.1) is 0 Å². The highest BCUT2D eigenvalue weighted by Crippen LogP contribution is 2.24. The first-order valence-electron chi connectivity index (χ1n) is 5.91. The first-order valence-corrected chi connectivity index (χ1v) is 5.91. The number of fused-ring (bicyclic) bond motifs is 1. The van der Waals surface area contributed by atoms with Gasteiger partial charge < -0.3 is 19.0 Å². The van der Waals surface area contributed by atoms with Gasteiger partial charge in [0.1, 0.15) is 5.97 Å². The van der Waals surface area contributed by atoms with Crippen molar-refractivity contribution in [1.82, 2.24) is 14.1 Å². The standard InChI is InChI=1S/C14H11N3O3/c1-16-7-11(13(18)14(19)20)10-3-2-9(6-12(10)16)17-5-4-15-8-17/h2-8H,1H3,(H,19,20)/p-1. The number of carbonyl (C=O) groups excluding carboxylic acids is 2. The second-order valence-electron chi connectivity index (χ2n) is 4.44. The molecule has 0 amide bonds. The van der Waals surface area contributed by atoms with Crippen LogP contribution < -0.4 is 5.11 Å². The molecule has 0 aliphatic rings. The number of Topliss-reactive ketones (excluding diaryl/α,β-unsaturated/α-hetero) is 1. The van der Waals surface area contributed by atoms with E-state index in [4.69, 9.17) is 0 Å². The van der Waals surface area contributed by atoms with Crippen LogP contribution in [0, 0.1) is 0 Å². The number of aromatic nitrogens is 3. The third-order valence-corrected chi connectivity index (χ3v) is 3.21. The van der Waals surface area contributed by atoms with Crippen molar-refractivity contribution in [3.05, 3.63) is 48.7 Å². The van der Waals surface area contributed by atoms with Crippen LogP contribution >= 0.6 is 0 Å². The Labute approximate surface area is 113 Å². The Kier molecular flexibility index (Phi) is 2.64. The molecule has 1 aromatic carbocycles. The molecule has 0 N–H and O–H groups in total. The van der Waals surface area contributed by atoms with Crippen LogP contribution in [0.1, 0.15) is 10.4 Å². The summed E-state index contributed by atoms with van der Waals surface area (Å²) in [7, 11) is 1.76. The Hall–Kier alpha value is -2.89. The summed E-state index contributed by atoms with van der Waals surface area (Å²) < 4.78 is 3.54. The Bertz CT molecular complexity index is 816. The van der Waals surface area contributed by atoms with Gasteiger partial charge in [-0.2, -0.15) is 0 Å². The van der Waals surface area contributed by atoms with Crippen LogP contribution in [0.15, 0.2) is 43.1 Å². The zero-order valence-electron chi connectivity index (χ0n) is 10.6. The molecule has 6 nitrogen and oxygen atoms in total. The molecule has 0 fully saturated rings. The molecule has 0 bridgehead atoms. The van der Waals surface area contributed by atoms with Gasteiger partial charge in [-0.25, -0.2) is 4.98 Å². The summed E-state index contributed by atoms with van der Waals surface area (Å²) >= 11 is 0. The summed E-state index contributed by atoms with van der Waals surface area (Å²) in [5, 5.41) is 11.3. The largest absolute Gasteiger partial charge is 0.541 e. The van der Waals surface area contributed by atoms with Gasteiger partial charge in [-0.05, 0) is 18.2 Å². The summed E-state index contributed by atoms with van der Waals surface area (Å²) in [6, 6.07) is 5.39. The van der Waals surface area contributed by atoms with E-state index in [2.05, 4.69) is 4.98 Å². The monoisotopic (exact) mass is 268 g/mol. The molecule has 0 saturated carbocycles. The number of hydrogen-bond acceptors (Lipinski definition) is 4. The lowest BCUT2D eigenvalue weighted by atomic mass is 10.1. The molecule has 100 valence electrons. The second kappa shape index (κ2) is 4.34. The first kappa shape index (κ1) is 12.2. The number of benzene rings is 1. The minimum atomic E-state index is -1.70. The number of carbonyl (C=O) groups is 2. The molecule has 0 atom stereocenters. The predicted molar refractivity (Wildman–Crippen MR) is 69.4 cm³/mol. The lowest BCUT2D eigenvalue weighted by Gasteiger charge is -2.04. The first-order chi connectivity index (χ1) is 9.58. The molecule has 2 heterocycles. The van der Waals surface area contributed by atoms with Gasteiger partial charge in [0, 0.05) is 42.3 Å². The van der Waals surface area contributed by atoms with Gasteiger partial charge in [0.05, 0.1) is 11.8 Å². The van der Waals surface area contributed by atoms with Crippen molar-refractivity contribution < 1.29 is 14.7 Å². The number of aryl methyl sites for hydroxylation is 1. The highest BCUT2D eigenvalue weighted by Gasteiger charge is 2.15. The zero-order valence-corrected chi connectivity index (χ0v) is 10.6. The molecule has 2 aromatic heterocycles. The van der Waals surface area contributed by atoms with Crippen LogP contribution in [-0.2, 0) is 11.8 Å². The third-order valence-electron chi connectivity index (χ3n) is 3.21. The van der Waals surface area contributed by atoms with E-state index in [-0.39, 0.29) is 5.56 Å². The van der Waals surface area contributed by atoms with E-state index < -0.39 is 11.8 Å². The lowest BCUT2D eigenvalue weighted by Crippen LogP contribution is -2.31. The van der Waals surface area contributed by atoms with Crippen LogP contribution in [0.2, 0.25) is 0 Å². The number of carboxylic acid groups (broad SMARTS) is 1. The van der Waals surface area contributed by atoms with Gasteiger partial charge >= 0.3 is 0 Å². The van der Waals surface area contributed by atoms with Crippen molar-refractivity contribution in [1.29, 1.82) is 0 Å². The molecule has 0 aliphatic heterocycles. The normalized spacial score (nSPS) is 10.8. The molecule has 3 aromatic rings. The average Bonchev–Trinajstić information content (AvgIpc) is 3.06. The number of nitrogens with zero attached hydrogens (tertiary/aromatic N) is 3. The summed E-state index contributed by atoms with van der Waals surface area (Å²) in [5.41, 5.74) is 1.78. The van der Waals surface area contributed by atoms with Crippen LogP contribution in [0.3, 0.4) is 0 Å². The minimum absolute atomic E-state index is 0.139. The van der Waals surface area contributed by atoms with E-state index in [1.165, 1.54) is 6.20 Å². The Balaban J connectivity index is 2.20. The van der Waals surface area contributed by atoms with Crippen LogP contribution in [-0.4, -0.2) is 25.9 Å². The van der Waals surface area contributed by atoms with Crippen molar-refractivity contribution >= 4 is 22.7 Å². The smallest absolute Gasteiger partial charge is 0.210 e. The van der Waals surface area contributed by atoms with Crippen LogP contribution in [0.4, 0.5) is 0 Å². The fourth-order valence-electron chi connectivity index (χ4n) is 2.24. The molecule has 0 aliphatic carbocycles. The number of rotatable bonds is 3. The lowest BCUT2D eigenvalue weighted by molar-refractivity contribution is -0.296. The molecule has 6 heteroatoms. The Morgan fingerprint density at radius 3 is 2.75 bits per heavy atom. The molecule has 20 heavy (non-hydrogen) atoms. The predicted octanol–water partition coefficient (Wildman–Crippen LogP) is 0.297. The fraction of sp³-hybridized carbons (Fsp3) is 0.0714. The molecule has 0 saturated heterocycles. The molecule has 0 radical (unpaired) electrons. The number of ketones is 1. The summed E-state index contributed by atoms with van der Waals surface area (Å²) in [6.07, 6.45) is 6.63. The number of imidazole rings is 1. The zero-order chi connectivity index (χ0) is 14.3. The van der Waals surface area contributed by atoms with Crippen molar-refractivity contribution in [3.8, 4) is 5.69 Å². The summed E-state index contributed by atoms with van der Waals surface area (Å²) in [4.78, 5) is 26.3. The Morgan fingerprint density at radius 1 is 1.30 bits per heavy atom. The molecular weight excluding hydrogens is 258 g/mol. The maximum absolute atomic E-state index is 11.6. The number of hydrogen-bond donors (Lipinski definition) is 0. The minimum Gasteiger partial charge on any atom is -0.541 e. The SMILES string of the molecule is Cn1cc(C(=O)C(=O)[O-])c2ccc(-n3ccnc3)cc21. The van der Waals surface area contributed by atoms with Gasteiger partial charge in [0.15, 0.2) is 0 Å². The van der Waals surface area contributed by atoms with E-state index in [9.17, 15) is 14.7 Å². The molecular formula is C14H10N3O3-.